The Labute approximate surface area is 213 Å². The number of ether oxygens (including phenoxy) is 2. The van der Waals surface area contributed by atoms with E-state index in [4.69, 9.17) is 14.0 Å². The summed E-state index contributed by atoms with van der Waals surface area (Å²) in [4.78, 5) is 30.0. The number of amides is 3. The van der Waals surface area contributed by atoms with Gasteiger partial charge in [-0.15, -0.1) is 0 Å². The van der Waals surface area contributed by atoms with Crippen LogP contribution in [0.2, 0.25) is 0 Å². The van der Waals surface area contributed by atoms with Gasteiger partial charge in [-0.3, -0.25) is 9.69 Å². The number of likely N-dealkylation sites (N-methyl/N-ethyl adjacent to an activating group) is 1. The van der Waals surface area contributed by atoms with E-state index < -0.39 is 6.03 Å². The maximum absolute atomic E-state index is 13.4. The Hall–Kier alpha value is -3.11. The molecule has 2 N–H and O–H groups in total. The molecular formula is C26H39N5O5. The number of nitrogens with one attached hydrogen (secondary N) is 2. The average molecular weight is 502 g/mol. The maximum Gasteiger partial charge on any atom is 0.323 e. The number of carbonyl (C=O) groups excluding carboxylic acids is 2. The highest BCUT2D eigenvalue weighted by molar-refractivity contribution is 6.02. The van der Waals surface area contributed by atoms with Crippen molar-refractivity contribution in [2.75, 3.05) is 51.0 Å². The minimum absolute atomic E-state index is 0.0942. The highest BCUT2D eigenvalue weighted by atomic mass is 16.5. The van der Waals surface area contributed by atoms with Crippen molar-refractivity contribution in [1.82, 2.24) is 15.0 Å². The van der Waals surface area contributed by atoms with Gasteiger partial charge in [0.05, 0.1) is 11.7 Å². The van der Waals surface area contributed by atoms with E-state index in [0.29, 0.717) is 47.3 Å². The van der Waals surface area contributed by atoms with Crippen molar-refractivity contribution >= 4 is 23.3 Å². The molecule has 0 saturated heterocycles. The van der Waals surface area contributed by atoms with Crippen LogP contribution in [0.15, 0.2) is 22.7 Å². The molecule has 36 heavy (non-hydrogen) atoms. The Morgan fingerprint density at radius 2 is 1.97 bits per heavy atom. The summed E-state index contributed by atoms with van der Waals surface area (Å²) in [6.45, 7) is 12.6. The Bertz CT molecular complexity index is 1040. The normalized spacial score (nSPS) is 21.7. The van der Waals surface area contributed by atoms with E-state index in [1.165, 1.54) is 0 Å². The number of aryl methyl sites for hydroxylation is 2. The maximum atomic E-state index is 13.4. The highest BCUT2D eigenvalue weighted by Gasteiger charge is 2.28. The number of anilines is 2. The first-order chi connectivity index (χ1) is 17.1. The number of methoxy groups -OCH3 is 1. The minimum Gasteiger partial charge on any atom is -0.491 e. The van der Waals surface area contributed by atoms with Crippen molar-refractivity contribution in [2.24, 2.45) is 5.92 Å². The van der Waals surface area contributed by atoms with E-state index in [1.54, 1.807) is 51.1 Å². The van der Waals surface area contributed by atoms with Gasteiger partial charge in [-0.25, -0.2) is 4.79 Å². The molecule has 1 aliphatic rings. The summed E-state index contributed by atoms with van der Waals surface area (Å²) in [5, 5.41) is 9.41. The molecule has 2 heterocycles. The lowest BCUT2D eigenvalue weighted by Crippen LogP contribution is -2.46. The van der Waals surface area contributed by atoms with Gasteiger partial charge in [-0.05, 0) is 51.8 Å². The van der Waals surface area contributed by atoms with E-state index in [-0.39, 0.29) is 24.0 Å². The predicted octanol–water partition coefficient (Wildman–Crippen LogP) is 4.15. The third kappa shape index (κ3) is 6.55. The fourth-order valence-electron chi connectivity index (χ4n) is 4.46. The molecule has 3 rings (SSSR count). The first kappa shape index (κ1) is 27.5. The van der Waals surface area contributed by atoms with Crippen molar-refractivity contribution in [3.05, 3.63) is 35.2 Å². The number of benzene rings is 1. The van der Waals surface area contributed by atoms with Gasteiger partial charge < -0.3 is 29.5 Å². The molecule has 0 saturated carbocycles. The summed E-state index contributed by atoms with van der Waals surface area (Å²) >= 11 is 0. The standard InChI is InChI=1S/C26H39N5O5/c1-8-11-31-13-16(2)23(34-7)14-30(6)25(32)21-10-9-20(12-22(21)35-15-17(31)3)27-26(33)28-24-18(4)29-36-19(24)5/h9-10,12,16-17,23H,8,11,13-15H2,1-7H3,(H2,27,28,33)/t16-,17-,23-/m1/s1. The Kier molecular flexibility index (Phi) is 9.33. The van der Waals surface area contributed by atoms with Crippen LogP contribution < -0.4 is 15.4 Å². The summed E-state index contributed by atoms with van der Waals surface area (Å²) in [6, 6.07) is 4.75. The van der Waals surface area contributed by atoms with E-state index in [1.807, 2.05) is 0 Å². The highest BCUT2D eigenvalue weighted by Crippen LogP contribution is 2.27. The van der Waals surface area contributed by atoms with E-state index in [0.717, 1.165) is 19.5 Å². The van der Waals surface area contributed by atoms with Crippen molar-refractivity contribution in [2.45, 2.75) is 53.2 Å². The van der Waals surface area contributed by atoms with Crippen LogP contribution in [0.25, 0.3) is 0 Å². The molecule has 10 nitrogen and oxygen atoms in total. The zero-order chi connectivity index (χ0) is 26.4. The molecule has 0 fully saturated rings. The minimum atomic E-state index is -0.444. The molecule has 1 aromatic heterocycles. The molecule has 0 bridgehead atoms. The first-order valence-corrected chi connectivity index (χ1v) is 12.4. The largest absolute Gasteiger partial charge is 0.491 e. The van der Waals surface area contributed by atoms with Crippen LogP contribution in [0, 0.1) is 19.8 Å². The molecule has 1 aromatic carbocycles. The third-order valence-corrected chi connectivity index (χ3v) is 6.62. The topological polar surface area (TPSA) is 109 Å². The van der Waals surface area contributed by atoms with Gasteiger partial charge in [0.2, 0.25) is 0 Å². The molecule has 0 unspecified atom stereocenters. The van der Waals surface area contributed by atoms with Gasteiger partial charge in [-0.1, -0.05) is 19.0 Å². The van der Waals surface area contributed by atoms with Crippen LogP contribution in [0.5, 0.6) is 5.75 Å². The number of rotatable bonds is 5. The first-order valence-electron chi connectivity index (χ1n) is 12.4. The quantitative estimate of drug-likeness (QED) is 0.633. The van der Waals surface area contributed by atoms with Crippen LogP contribution in [0.4, 0.5) is 16.2 Å². The number of hydrogen-bond acceptors (Lipinski definition) is 7. The summed E-state index contributed by atoms with van der Waals surface area (Å²) in [5.74, 6) is 1.02. The Balaban J connectivity index is 1.87. The van der Waals surface area contributed by atoms with Crippen molar-refractivity contribution < 1.29 is 23.6 Å². The van der Waals surface area contributed by atoms with Gasteiger partial charge in [0.1, 0.15) is 23.7 Å². The second-order valence-electron chi connectivity index (χ2n) is 9.58. The summed E-state index contributed by atoms with van der Waals surface area (Å²) < 4.78 is 17.1. The zero-order valence-corrected chi connectivity index (χ0v) is 22.4. The van der Waals surface area contributed by atoms with Crippen LogP contribution in [0.1, 0.15) is 49.0 Å². The lowest BCUT2D eigenvalue weighted by molar-refractivity contribution is 0.0108. The van der Waals surface area contributed by atoms with E-state index >= 15 is 0 Å². The van der Waals surface area contributed by atoms with Crippen LogP contribution >= 0.6 is 0 Å². The number of carbonyl (C=O) groups is 2. The smallest absolute Gasteiger partial charge is 0.323 e. The molecule has 3 atom stereocenters. The second kappa shape index (κ2) is 12.2. The molecule has 3 amide bonds. The molecule has 1 aliphatic heterocycles. The van der Waals surface area contributed by atoms with Crippen molar-refractivity contribution in [1.29, 1.82) is 0 Å². The molecular weight excluding hydrogens is 462 g/mol. The van der Waals surface area contributed by atoms with Gasteiger partial charge in [0.25, 0.3) is 5.91 Å². The predicted molar refractivity (Wildman–Crippen MR) is 139 cm³/mol. The lowest BCUT2D eigenvalue weighted by Gasteiger charge is -2.35. The molecule has 198 valence electrons. The van der Waals surface area contributed by atoms with E-state index in [2.05, 4.69) is 41.5 Å². The number of hydrogen-bond donors (Lipinski definition) is 2. The SMILES string of the molecule is CCCN1C[C@@H](C)[C@H](OC)CN(C)C(=O)c2ccc(NC(=O)Nc3c(C)noc3C)cc2OC[C@H]1C. The fraction of sp³-hybridized carbons (Fsp3) is 0.577. The number of aromatic nitrogens is 1. The van der Waals surface area contributed by atoms with Gasteiger partial charge in [0.15, 0.2) is 5.76 Å². The van der Waals surface area contributed by atoms with E-state index in [9.17, 15) is 9.59 Å². The molecule has 0 aliphatic carbocycles. The number of urea groups is 1. The van der Waals surface area contributed by atoms with Crippen molar-refractivity contribution in [3.8, 4) is 5.75 Å². The lowest BCUT2D eigenvalue weighted by atomic mass is 10.0. The average Bonchev–Trinajstić information content (AvgIpc) is 3.16. The van der Waals surface area contributed by atoms with Gasteiger partial charge >= 0.3 is 6.03 Å². The number of nitrogens with zero attached hydrogens (tertiary/aromatic N) is 3. The molecule has 2 aromatic rings. The molecule has 0 spiro atoms. The third-order valence-electron chi connectivity index (χ3n) is 6.62. The van der Waals surface area contributed by atoms with Crippen LogP contribution in [0.3, 0.4) is 0 Å². The summed E-state index contributed by atoms with van der Waals surface area (Å²) in [5.41, 5.74) is 2.05. The van der Waals surface area contributed by atoms with Crippen LogP contribution in [-0.4, -0.2) is 79.4 Å². The van der Waals surface area contributed by atoms with Gasteiger partial charge in [-0.2, -0.15) is 0 Å². The Morgan fingerprint density at radius 1 is 1.22 bits per heavy atom. The zero-order valence-electron chi connectivity index (χ0n) is 22.4. The van der Waals surface area contributed by atoms with Crippen LogP contribution in [-0.2, 0) is 4.74 Å². The Morgan fingerprint density at radius 3 is 2.61 bits per heavy atom. The summed E-state index contributed by atoms with van der Waals surface area (Å²) in [6.07, 6.45) is 0.932. The second-order valence-corrected chi connectivity index (χ2v) is 9.58. The van der Waals surface area contributed by atoms with Gasteiger partial charge in [0, 0.05) is 45.0 Å². The molecule has 0 radical (unpaired) electrons. The fourth-order valence-corrected chi connectivity index (χ4v) is 4.46. The van der Waals surface area contributed by atoms with Crippen molar-refractivity contribution in [3.63, 3.8) is 0 Å². The summed E-state index contributed by atoms with van der Waals surface area (Å²) in [7, 11) is 3.47. The number of fused-ring (bicyclic) bond motifs is 1. The molecule has 10 heteroatoms. The monoisotopic (exact) mass is 501 g/mol.